The maximum Gasteiger partial charge on any atom is 0.333 e. The van der Waals surface area contributed by atoms with Gasteiger partial charge in [0.05, 0.1) is 19.5 Å². The van der Waals surface area contributed by atoms with E-state index in [1.165, 1.54) is 19.5 Å². The molecule has 2 aromatic rings. The number of rotatable bonds is 3. The van der Waals surface area contributed by atoms with Crippen LogP contribution in [-0.4, -0.2) is 27.1 Å². The molecular weight excluding hydrogens is 254 g/mol. The number of methoxy groups -OCH3 is 1. The third kappa shape index (κ3) is 2.19. The molecule has 0 N–H and O–H groups in total. The molecule has 0 atom stereocenters. The van der Waals surface area contributed by atoms with Crippen molar-refractivity contribution in [3.8, 4) is 17.0 Å². The van der Waals surface area contributed by atoms with Crippen LogP contribution in [0.2, 0.25) is 5.02 Å². The maximum absolute atomic E-state index is 12.4. The Morgan fingerprint density at radius 3 is 2.76 bits per heavy atom. The van der Waals surface area contributed by atoms with Crippen LogP contribution in [0.5, 0.6) is 5.75 Å². The largest absolute Gasteiger partial charge is 0.493 e. The molecule has 8 heteroatoms. The van der Waals surface area contributed by atoms with E-state index in [0.717, 1.165) is 6.20 Å². The van der Waals surface area contributed by atoms with E-state index in [2.05, 4.69) is 15.3 Å². The van der Waals surface area contributed by atoms with E-state index in [1.807, 2.05) is 0 Å². The topological polar surface area (TPSA) is 52.8 Å². The predicted octanol–water partition coefficient (Wildman–Crippen LogP) is 2.40. The minimum atomic E-state index is -2.71. The molecule has 5 nitrogen and oxygen atoms in total. The van der Waals surface area contributed by atoms with E-state index in [-0.39, 0.29) is 16.5 Å². The van der Waals surface area contributed by atoms with Crippen molar-refractivity contribution in [2.75, 3.05) is 7.11 Å². The third-order valence-corrected chi connectivity index (χ3v) is 2.31. The second-order valence-electron chi connectivity index (χ2n) is 3.06. The van der Waals surface area contributed by atoms with Gasteiger partial charge in [0, 0.05) is 11.8 Å². The minimum Gasteiger partial charge on any atom is -0.493 e. The van der Waals surface area contributed by atoms with E-state index in [4.69, 9.17) is 16.3 Å². The molecule has 0 amide bonds. The summed E-state index contributed by atoms with van der Waals surface area (Å²) in [6.45, 7) is -2.71. The summed E-state index contributed by atoms with van der Waals surface area (Å²) in [5, 5.41) is 11.2. The lowest BCUT2D eigenvalue weighted by Crippen LogP contribution is -1.97. The lowest BCUT2D eigenvalue weighted by Gasteiger charge is -2.05. The molecule has 0 aliphatic rings. The molecule has 2 rings (SSSR count). The van der Waals surface area contributed by atoms with Crippen molar-refractivity contribution in [1.29, 1.82) is 0 Å². The van der Waals surface area contributed by atoms with E-state index in [9.17, 15) is 8.78 Å². The fourth-order valence-corrected chi connectivity index (χ4v) is 1.51. The summed E-state index contributed by atoms with van der Waals surface area (Å²) in [5.41, 5.74) is 0.629. The Morgan fingerprint density at radius 2 is 2.18 bits per heavy atom. The van der Waals surface area contributed by atoms with Gasteiger partial charge in [0.1, 0.15) is 10.7 Å². The van der Waals surface area contributed by atoms with Gasteiger partial charge in [-0.2, -0.15) is 19.0 Å². The summed E-state index contributed by atoms with van der Waals surface area (Å²) in [4.78, 5) is 0. The molecule has 0 saturated carbocycles. The molecule has 2 heterocycles. The van der Waals surface area contributed by atoms with Crippen molar-refractivity contribution >= 4 is 11.6 Å². The third-order valence-electron chi connectivity index (χ3n) is 2.04. The number of hydrogen-bond acceptors (Lipinski definition) is 4. The van der Waals surface area contributed by atoms with Gasteiger partial charge in [-0.05, 0) is 0 Å². The summed E-state index contributed by atoms with van der Waals surface area (Å²) < 4.78 is 30.3. The van der Waals surface area contributed by atoms with Crippen LogP contribution in [-0.2, 0) is 0 Å². The Bertz CT molecular complexity index is 531. The molecule has 2 aromatic heterocycles. The van der Waals surface area contributed by atoms with Gasteiger partial charge in [-0.3, -0.25) is 0 Å². The van der Waals surface area contributed by atoms with Crippen molar-refractivity contribution in [2.45, 2.75) is 6.55 Å². The molecule has 0 aliphatic carbocycles. The van der Waals surface area contributed by atoms with Gasteiger partial charge in [0.15, 0.2) is 5.75 Å². The van der Waals surface area contributed by atoms with Crippen LogP contribution in [0.25, 0.3) is 11.3 Å². The standard InChI is InChI=1S/C9H7ClF2N4O/c1-17-8-6(10)3-13-15-7(8)5-2-14-16(4-5)9(11)12/h2-4,9H,1H3. The summed E-state index contributed by atoms with van der Waals surface area (Å²) in [6, 6.07) is 0. The van der Waals surface area contributed by atoms with Crippen LogP contribution in [0.1, 0.15) is 6.55 Å². The molecule has 17 heavy (non-hydrogen) atoms. The molecule has 0 unspecified atom stereocenters. The first-order chi connectivity index (χ1) is 8.13. The SMILES string of the molecule is COc1c(Cl)cnnc1-c1cnn(C(F)F)c1. The molecule has 0 aromatic carbocycles. The van der Waals surface area contributed by atoms with E-state index >= 15 is 0 Å². The number of halogens is 3. The Labute approximate surface area is 100.0 Å². The van der Waals surface area contributed by atoms with Crippen molar-refractivity contribution < 1.29 is 13.5 Å². The highest BCUT2D eigenvalue weighted by Crippen LogP contribution is 2.33. The highest BCUT2D eigenvalue weighted by Gasteiger charge is 2.16. The van der Waals surface area contributed by atoms with Gasteiger partial charge in [0.25, 0.3) is 0 Å². The maximum atomic E-state index is 12.4. The average molecular weight is 261 g/mol. The monoisotopic (exact) mass is 260 g/mol. The van der Waals surface area contributed by atoms with Crippen molar-refractivity contribution in [2.24, 2.45) is 0 Å². The van der Waals surface area contributed by atoms with Crippen LogP contribution >= 0.6 is 11.6 Å². The Morgan fingerprint density at radius 1 is 1.41 bits per heavy atom. The molecule has 0 saturated heterocycles. The summed E-state index contributed by atoms with van der Waals surface area (Å²) in [5.74, 6) is 0.274. The quantitative estimate of drug-likeness (QED) is 0.850. The highest BCUT2D eigenvalue weighted by atomic mass is 35.5. The van der Waals surface area contributed by atoms with Gasteiger partial charge < -0.3 is 4.74 Å². The van der Waals surface area contributed by atoms with E-state index < -0.39 is 6.55 Å². The smallest absolute Gasteiger partial charge is 0.333 e. The molecule has 0 radical (unpaired) electrons. The Kier molecular flexibility index (Phi) is 3.19. The van der Waals surface area contributed by atoms with Crippen LogP contribution in [0.3, 0.4) is 0 Å². The number of aromatic nitrogens is 4. The summed E-state index contributed by atoms with van der Waals surface area (Å²) in [7, 11) is 1.41. The molecule has 0 fully saturated rings. The van der Waals surface area contributed by atoms with Crippen LogP contribution in [0.4, 0.5) is 8.78 Å². The highest BCUT2D eigenvalue weighted by molar-refractivity contribution is 6.32. The minimum absolute atomic E-state index is 0.252. The van der Waals surface area contributed by atoms with Gasteiger partial charge in [-0.15, -0.1) is 5.10 Å². The van der Waals surface area contributed by atoms with E-state index in [1.54, 1.807) is 0 Å². The first-order valence-corrected chi connectivity index (χ1v) is 4.89. The zero-order valence-corrected chi connectivity index (χ0v) is 9.40. The van der Waals surface area contributed by atoms with Crippen LogP contribution in [0, 0.1) is 0 Å². The van der Waals surface area contributed by atoms with Gasteiger partial charge in [-0.1, -0.05) is 11.6 Å². The second-order valence-corrected chi connectivity index (χ2v) is 3.47. The zero-order chi connectivity index (χ0) is 12.4. The predicted molar refractivity (Wildman–Crippen MR) is 56.1 cm³/mol. The average Bonchev–Trinajstić information content (AvgIpc) is 2.77. The Hall–Kier alpha value is -1.76. The van der Waals surface area contributed by atoms with Gasteiger partial charge >= 0.3 is 6.55 Å². The van der Waals surface area contributed by atoms with Crippen molar-refractivity contribution in [1.82, 2.24) is 20.0 Å². The van der Waals surface area contributed by atoms with Crippen LogP contribution in [0.15, 0.2) is 18.6 Å². The molecule has 0 aliphatic heterocycles. The second kappa shape index (κ2) is 4.62. The normalized spacial score (nSPS) is 10.9. The number of ether oxygens (including phenoxy) is 1. The lowest BCUT2D eigenvalue weighted by molar-refractivity contribution is 0.0566. The number of alkyl halides is 2. The fourth-order valence-electron chi connectivity index (χ4n) is 1.30. The van der Waals surface area contributed by atoms with Gasteiger partial charge in [-0.25, -0.2) is 4.68 Å². The van der Waals surface area contributed by atoms with Crippen molar-refractivity contribution in [3.05, 3.63) is 23.6 Å². The first kappa shape index (κ1) is 11.7. The molecule has 0 spiro atoms. The number of hydrogen-bond donors (Lipinski definition) is 0. The Balaban J connectivity index is 2.48. The number of nitrogens with zero attached hydrogens (tertiary/aromatic N) is 4. The van der Waals surface area contributed by atoms with Crippen LogP contribution < -0.4 is 4.74 Å². The summed E-state index contributed by atoms with van der Waals surface area (Å²) in [6.07, 6.45) is 3.70. The first-order valence-electron chi connectivity index (χ1n) is 4.51. The zero-order valence-electron chi connectivity index (χ0n) is 8.64. The fraction of sp³-hybridized carbons (Fsp3) is 0.222. The summed E-state index contributed by atoms with van der Waals surface area (Å²) >= 11 is 5.85. The molecule has 0 bridgehead atoms. The lowest BCUT2D eigenvalue weighted by atomic mass is 10.2. The van der Waals surface area contributed by atoms with Crippen molar-refractivity contribution in [3.63, 3.8) is 0 Å². The van der Waals surface area contributed by atoms with Gasteiger partial charge in [0.2, 0.25) is 0 Å². The molecular formula is C9H7ClF2N4O. The molecule has 90 valence electrons. The van der Waals surface area contributed by atoms with E-state index in [0.29, 0.717) is 10.2 Å².